The summed E-state index contributed by atoms with van der Waals surface area (Å²) < 4.78 is 2.58. The van der Waals surface area contributed by atoms with E-state index in [0.717, 1.165) is 44.8 Å². The summed E-state index contributed by atoms with van der Waals surface area (Å²) in [6.45, 7) is 4.68. The quantitative estimate of drug-likeness (QED) is 0.160. The summed E-state index contributed by atoms with van der Waals surface area (Å²) in [6.07, 6.45) is 0. The first-order valence-electron chi connectivity index (χ1n) is 22.0. The molecular weight excluding hydrogens is 793 g/mol. The van der Waals surface area contributed by atoms with Gasteiger partial charge in [-0.2, -0.15) is 0 Å². The third-order valence-electron chi connectivity index (χ3n) is 13.1. The normalized spacial score (nSPS) is 12.7. The van der Waals surface area contributed by atoms with Gasteiger partial charge in [-0.3, -0.25) is 0 Å². The van der Waals surface area contributed by atoms with Crippen molar-refractivity contribution in [1.82, 2.24) is 9.97 Å². The fourth-order valence-corrected chi connectivity index (χ4v) is 11.0. The molecule has 0 amide bonds. The van der Waals surface area contributed by atoms with Crippen LogP contribution in [0, 0.1) is 0 Å². The second-order valence-electron chi connectivity index (χ2n) is 17.4. The van der Waals surface area contributed by atoms with Crippen molar-refractivity contribution < 1.29 is 0 Å². The molecule has 2 heterocycles. The number of rotatable bonds is 7. The topological polar surface area (TPSA) is 25.8 Å². The van der Waals surface area contributed by atoms with Crippen LogP contribution in [-0.2, 0) is 5.41 Å². The zero-order valence-electron chi connectivity index (χ0n) is 35.6. The van der Waals surface area contributed by atoms with Crippen molar-refractivity contribution >= 4 is 31.5 Å². The number of benzene rings is 9. The van der Waals surface area contributed by atoms with Crippen molar-refractivity contribution in [2.24, 2.45) is 0 Å². The molecule has 0 spiro atoms. The second-order valence-corrected chi connectivity index (χ2v) is 18.4. The number of aromatic nitrogens is 2. The molecule has 9 aromatic carbocycles. The summed E-state index contributed by atoms with van der Waals surface area (Å²) >= 11 is 1.86. The summed E-state index contributed by atoms with van der Waals surface area (Å²) in [5, 5.41) is 2.57. The number of nitrogens with zero attached hydrogens (tertiary/aromatic N) is 2. The molecule has 12 rings (SSSR count). The van der Waals surface area contributed by atoms with Crippen LogP contribution in [-0.4, -0.2) is 9.97 Å². The minimum Gasteiger partial charge on any atom is -0.228 e. The molecule has 0 bridgehead atoms. The molecule has 2 nitrogen and oxygen atoms in total. The van der Waals surface area contributed by atoms with Gasteiger partial charge in [-0.15, -0.1) is 11.3 Å². The average molecular weight is 835 g/mol. The maximum Gasteiger partial charge on any atom is 0.160 e. The van der Waals surface area contributed by atoms with E-state index in [1.165, 1.54) is 70.2 Å². The van der Waals surface area contributed by atoms with Gasteiger partial charge < -0.3 is 0 Å². The highest BCUT2D eigenvalue weighted by molar-refractivity contribution is 7.26. The van der Waals surface area contributed by atoms with Gasteiger partial charge in [-0.25, -0.2) is 9.97 Å². The molecule has 64 heavy (non-hydrogen) atoms. The van der Waals surface area contributed by atoms with Crippen LogP contribution >= 0.6 is 11.3 Å². The fourth-order valence-electron chi connectivity index (χ4n) is 9.76. The summed E-state index contributed by atoms with van der Waals surface area (Å²) in [5.74, 6) is 0.697. The number of hydrogen-bond acceptors (Lipinski definition) is 3. The molecule has 0 aliphatic heterocycles. The Hall–Kier alpha value is -7.72. The molecule has 0 radical (unpaired) electrons. The molecule has 302 valence electrons. The van der Waals surface area contributed by atoms with Crippen LogP contribution in [0.3, 0.4) is 0 Å². The minimum absolute atomic E-state index is 0.0562. The highest BCUT2D eigenvalue weighted by atomic mass is 32.1. The van der Waals surface area contributed by atoms with Crippen molar-refractivity contribution in [2.45, 2.75) is 19.3 Å². The molecule has 2 aromatic heterocycles. The minimum atomic E-state index is -0.0562. The van der Waals surface area contributed by atoms with Crippen molar-refractivity contribution in [1.29, 1.82) is 0 Å². The van der Waals surface area contributed by atoms with Crippen LogP contribution < -0.4 is 0 Å². The van der Waals surface area contributed by atoms with Gasteiger partial charge in [0.1, 0.15) is 0 Å². The highest BCUT2D eigenvalue weighted by Gasteiger charge is 2.35. The number of fused-ring (bicyclic) bond motifs is 6. The van der Waals surface area contributed by atoms with Crippen molar-refractivity contribution in [3.8, 4) is 89.5 Å². The molecule has 0 saturated carbocycles. The fraction of sp³-hybridized carbons (Fsp3) is 0.0492. The van der Waals surface area contributed by atoms with Crippen LogP contribution in [0.25, 0.3) is 110 Å². The lowest BCUT2D eigenvalue weighted by atomic mass is 9.81. The average Bonchev–Trinajstić information content (AvgIpc) is 3.86. The lowest BCUT2D eigenvalue weighted by Crippen LogP contribution is -2.14. The standard InChI is InChI=1S/C61H42N2S/c1-61(2)54-25-11-9-21-50(54)51-32-31-45(37-55(51)61)40-27-29-41(30-28-40)56-38-57(63-60(62-56)42-17-7-4-8-18-42)48-35-46(44-20-13-19-43(33-44)39-15-5-3-6-16-39)34-47(36-48)49-23-14-24-53-52-22-10-12-26-58(52)64-59(49)53/h3-38H,1-2H3. The third kappa shape index (κ3) is 6.56. The summed E-state index contributed by atoms with van der Waals surface area (Å²) in [7, 11) is 0. The molecule has 11 aromatic rings. The van der Waals surface area contributed by atoms with E-state index in [0.29, 0.717) is 5.82 Å². The van der Waals surface area contributed by atoms with Crippen molar-refractivity contribution in [3.63, 3.8) is 0 Å². The van der Waals surface area contributed by atoms with Crippen molar-refractivity contribution in [3.05, 3.63) is 230 Å². The van der Waals surface area contributed by atoms with Gasteiger partial charge in [0.05, 0.1) is 11.4 Å². The van der Waals surface area contributed by atoms with Crippen LogP contribution in [0.15, 0.2) is 218 Å². The Morgan fingerprint density at radius 1 is 0.328 bits per heavy atom. The number of hydrogen-bond donors (Lipinski definition) is 0. The predicted octanol–water partition coefficient (Wildman–Crippen LogP) is 16.8. The molecule has 0 N–H and O–H groups in total. The van der Waals surface area contributed by atoms with E-state index >= 15 is 0 Å². The largest absolute Gasteiger partial charge is 0.228 e. The van der Waals surface area contributed by atoms with Gasteiger partial charge >= 0.3 is 0 Å². The Morgan fingerprint density at radius 3 is 1.66 bits per heavy atom. The Balaban J connectivity index is 1.00. The molecule has 3 heteroatoms. The molecule has 1 aliphatic carbocycles. The predicted molar refractivity (Wildman–Crippen MR) is 271 cm³/mol. The monoisotopic (exact) mass is 834 g/mol. The lowest BCUT2D eigenvalue weighted by molar-refractivity contribution is 0.660. The van der Waals surface area contributed by atoms with E-state index in [9.17, 15) is 0 Å². The third-order valence-corrected chi connectivity index (χ3v) is 14.3. The summed E-state index contributed by atoms with van der Waals surface area (Å²) in [5.41, 5.74) is 19.6. The van der Waals surface area contributed by atoms with Gasteiger partial charge in [0.2, 0.25) is 0 Å². The van der Waals surface area contributed by atoms with Gasteiger partial charge in [-0.05, 0) is 109 Å². The van der Waals surface area contributed by atoms with Crippen LogP contribution in [0.1, 0.15) is 25.0 Å². The van der Waals surface area contributed by atoms with Crippen LogP contribution in [0.2, 0.25) is 0 Å². The second kappa shape index (κ2) is 15.3. The SMILES string of the molecule is CC1(C)c2ccccc2-c2ccc(-c3ccc(-c4cc(-c5cc(-c6cccc(-c7ccccc7)c6)cc(-c6cccc7c6sc6ccccc67)c5)nc(-c5ccccc5)n4)cc3)cc21. The van der Waals surface area contributed by atoms with E-state index in [1.54, 1.807) is 0 Å². The number of thiophene rings is 1. The van der Waals surface area contributed by atoms with E-state index in [1.807, 2.05) is 17.4 Å². The molecule has 1 aliphatic rings. The smallest absolute Gasteiger partial charge is 0.160 e. The van der Waals surface area contributed by atoms with Gasteiger partial charge in [0.25, 0.3) is 0 Å². The van der Waals surface area contributed by atoms with E-state index in [4.69, 9.17) is 9.97 Å². The maximum atomic E-state index is 5.35. The molecule has 0 atom stereocenters. The van der Waals surface area contributed by atoms with E-state index in [2.05, 4.69) is 226 Å². The Bertz CT molecular complexity index is 3560. The highest BCUT2D eigenvalue weighted by Crippen LogP contribution is 2.50. The molecule has 0 unspecified atom stereocenters. The Morgan fingerprint density at radius 2 is 0.844 bits per heavy atom. The molecule has 0 fully saturated rings. The van der Waals surface area contributed by atoms with Gasteiger partial charge in [-0.1, -0.05) is 190 Å². The lowest BCUT2D eigenvalue weighted by Gasteiger charge is -2.22. The van der Waals surface area contributed by atoms with Gasteiger partial charge in [0, 0.05) is 42.3 Å². The van der Waals surface area contributed by atoms with Gasteiger partial charge in [0.15, 0.2) is 5.82 Å². The van der Waals surface area contributed by atoms with Crippen LogP contribution in [0.4, 0.5) is 0 Å². The zero-order valence-corrected chi connectivity index (χ0v) is 36.4. The van der Waals surface area contributed by atoms with E-state index in [-0.39, 0.29) is 5.41 Å². The molecule has 0 saturated heterocycles. The Labute approximate surface area is 377 Å². The first-order chi connectivity index (χ1) is 31.4. The first-order valence-corrected chi connectivity index (χ1v) is 22.8. The summed E-state index contributed by atoms with van der Waals surface area (Å²) in [6, 6.07) is 79.1. The molecular formula is C61H42N2S. The zero-order chi connectivity index (χ0) is 42.8. The maximum absolute atomic E-state index is 5.35. The van der Waals surface area contributed by atoms with Crippen molar-refractivity contribution in [2.75, 3.05) is 0 Å². The Kier molecular flexibility index (Phi) is 9.06. The summed E-state index contributed by atoms with van der Waals surface area (Å²) in [4.78, 5) is 10.6. The van der Waals surface area contributed by atoms with E-state index < -0.39 is 0 Å². The first kappa shape index (κ1) is 38.0. The van der Waals surface area contributed by atoms with Crippen LogP contribution in [0.5, 0.6) is 0 Å².